The Balaban J connectivity index is 0.689. The smallest absolute Gasteiger partial charge is 0.238 e. The maximum atomic E-state index is 6.39. The molecule has 96 heavy (non-hydrogen) atoms. The third-order valence-corrected chi connectivity index (χ3v) is 18.1. The van der Waals surface area contributed by atoms with E-state index in [-0.39, 0.29) is 0 Å². The molecule has 0 saturated carbocycles. The number of hydrogen-bond acceptors (Lipinski definition) is 10. The number of aromatic nitrogens is 10. The summed E-state index contributed by atoms with van der Waals surface area (Å²) in [6, 6.07) is 104. The summed E-state index contributed by atoms with van der Waals surface area (Å²) < 4.78 is 17.1. The number of fused-ring (bicyclic) bond motifs is 9. The largest absolute Gasteiger partial charge is 0.436 e. The van der Waals surface area contributed by atoms with Crippen LogP contribution in [0.1, 0.15) is 0 Å². The highest BCUT2D eigenvalue weighted by atomic mass is 16.4. The molecule has 12 heteroatoms. The van der Waals surface area contributed by atoms with Gasteiger partial charge in [-0.2, -0.15) is 9.97 Å². The molecule has 0 amide bonds. The lowest BCUT2D eigenvalue weighted by Gasteiger charge is -2.12. The summed E-state index contributed by atoms with van der Waals surface area (Å²) in [4.78, 5) is 40.5. The van der Waals surface area contributed by atoms with E-state index in [4.69, 9.17) is 48.7 Å². The lowest BCUT2D eigenvalue weighted by molar-refractivity contribution is 0.619. The van der Waals surface area contributed by atoms with Gasteiger partial charge in [-0.15, -0.1) is 0 Å². The van der Waals surface area contributed by atoms with Crippen LogP contribution in [-0.2, 0) is 0 Å². The molecular weight excluding hydrogens is 1180 g/mol. The Morgan fingerprint density at radius 3 is 1.26 bits per heavy atom. The minimum Gasteiger partial charge on any atom is -0.436 e. The van der Waals surface area contributed by atoms with Crippen LogP contribution in [0.5, 0.6) is 0 Å². The van der Waals surface area contributed by atoms with E-state index in [1.807, 2.05) is 140 Å². The normalized spacial score (nSPS) is 11.8. The zero-order valence-corrected chi connectivity index (χ0v) is 51.2. The van der Waals surface area contributed by atoms with Crippen molar-refractivity contribution in [1.82, 2.24) is 49.0 Å². The van der Waals surface area contributed by atoms with Crippen LogP contribution in [-0.4, -0.2) is 49.0 Å². The SMILES string of the molecule is c1ccc(-c2nc(-c3ccccc3)nc(-c3ccc4cc(-c5ccc(-n6c7ccc(-c8cccc(-c9nc(-c%10ccccc%10)nc(-n%10c%11ccccc%11c%11cc(-c%12nc%13ccccc%13o%12)ccc%11%10)n9)c8)cc7c7ccc(-c8nc9ccccc9o8)cc76)cc5)ccc4c3)n2)cc1. The minimum atomic E-state index is 0.504. The zero-order chi connectivity index (χ0) is 63.2. The average molecular weight is 1230 g/mol. The van der Waals surface area contributed by atoms with Crippen molar-refractivity contribution in [3.8, 4) is 114 Å². The molecule has 12 nitrogen and oxygen atoms in total. The van der Waals surface area contributed by atoms with Crippen molar-refractivity contribution in [3.05, 3.63) is 303 Å². The molecule has 0 fully saturated rings. The fourth-order valence-corrected chi connectivity index (χ4v) is 13.4. The van der Waals surface area contributed by atoms with Gasteiger partial charge >= 0.3 is 0 Å². The molecule has 0 N–H and O–H groups in total. The quantitative estimate of drug-likeness (QED) is 0.123. The number of hydrogen-bond donors (Lipinski definition) is 0. The van der Waals surface area contributed by atoms with Gasteiger partial charge in [0.2, 0.25) is 17.7 Å². The third-order valence-electron chi connectivity index (χ3n) is 18.1. The number of nitrogens with zero attached hydrogens (tertiary/aromatic N) is 10. The molecule has 448 valence electrons. The summed E-state index contributed by atoms with van der Waals surface area (Å²) >= 11 is 0. The van der Waals surface area contributed by atoms with Crippen LogP contribution in [0, 0.1) is 0 Å². The van der Waals surface area contributed by atoms with Crippen LogP contribution >= 0.6 is 0 Å². The Kier molecular flexibility index (Phi) is 12.6. The van der Waals surface area contributed by atoms with E-state index in [9.17, 15) is 0 Å². The molecule has 0 aliphatic rings. The lowest BCUT2D eigenvalue weighted by Crippen LogP contribution is -2.06. The monoisotopic (exact) mass is 1230 g/mol. The first-order valence-corrected chi connectivity index (χ1v) is 31.8. The number of para-hydroxylation sites is 5. The van der Waals surface area contributed by atoms with Crippen molar-refractivity contribution in [2.75, 3.05) is 0 Å². The highest BCUT2D eigenvalue weighted by molar-refractivity contribution is 6.12. The predicted molar refractivity (Wildman–Crippen MR) is 383 cm³/mol. The van der Waals surface area contributed by atoms with Gasteiger partial charge in [0.25, 0.3) is 0 Å². The Morgan fingerprint density at radius 2 is 0.625 bits per heavy atom. The minimum absolute atomic E-state index is 0.504. The van der Waals surface area contributed by atoms with Crippen LogP contribution < -0.4 is 0 Å². The summed E-state index contributed by atoms with van der Waals surface area (Å²) in [6.45, 7) is 0. The molecule has 6 aromatic heterocycles. The first kappa shape index (κ1) is 54.4. The van der Waals surface area contributed by atoms with E-state index in [0.29, 0.717) is 46.9 Å². The molecule has 19 aromatic rings. The van der Waals surface area contributed by atoms with E-state index < -0.39 is 0 Å². The first-order valence-electron chi connectivity index (χ1n) is 31.8. The van der Waals surface area contributed by atoms with Crippen molar-refractivity contribution < 1.29 is 8.83 Å². The van der Waals surface area contributed by atoms with Gasteiger partial charge in [0.05, 0.1) is 22.1 Å². The van der Waals surface area contributed by atoms with Crippen LogP contribution in [0.3, 0.4) is 0 Å². The van der Waals surface area contributed by atoms with Crippen molar-refractivity contribution in [1.29, 1.82) is 0 Å². The maximum Gasteiger partial charge on any atom is 0.238 e. The molecule has 6 heterocycles. The summed E-state index contributed by atoms with van der Waals surface area (Å²) in [5, 5.41) is 6.46. The summed E-state index contributed by atoms with van der Waals surface area (Å²) in [7, 11) is 0. The highest BCUT2D eigenvalue weighted by Crippen LogP contribution is 2.41. The van der Waals surface area contributed by atoms with Gasteiger partial charge in [0, 0.05) is 66.2 Å². The van der Waals surface area contributed by atoms with E-state index in [1.165, 1.54) is 0 Å². The van der Waals surface area contributed by atoms with Gasteiger partial charge in [-0.05, 0) is 136 Å². The van der Waals surface area contributed by atoms with Gasteiger partial charge in [-0.1, -0.05) is 200 Å². The van der Waals surface area contributed by atoms with E-state index in [1.54, 1.807) is 0 Å². The summed E-state index contributed by atoms with van der Waals surface area (Å²) in [6.07, 6.45) is 0. The molecular formula is C84H50N10O2. The van der Waals surface area contributed by atoms with E-state index in [0.717, 1.165) is 143 Å². The summed E-state index contributed by atoms with van der Waals surface area (Å²) in [5.41, 5.74) is 18.7. The van der Waals surface area contributed by atoms with Gasteiger partial charge in [0.1, 0.15) is 11.0 Å². The fraction of sp³-hybridized carbons (Fsp3) is 0. The van der Waals surface area contributed by atoms with Crippen molar-refractivity contribution in [2.24, 2.45) is 0 Å². The predicted octanol–water partition coefficient (Wildman–Crippen LogP) is 20.7. The van der Waals surface area contributed by atoms with Crippen LogP contribution in [0.4, 0.5) is 0 Å². The van der Waals surface area contributed by atoms with Crippen molar-refractivity contribution in [3.63, 3.8) is 0 Å². The molecule has 0 aliphatic heterocycles. The summed E-state index contributed by atoms with van der Waals surface area (Å²) in [5.74, 6) is 4.63. The molecule has 0 unspecified atom stereocenters. The molecule has 0 saturated heterocycles. The van der Waals surface area contributed by atoms with Crippen LogP contribution in [0.15, 0.2) is 312 Å². The van der Waals surface area contributed by atoms with Crippen molar-refractivity contribution >= 4 is 76.6 Å². The Bertz CT molecular complexity index is 6150. The second kappa shape index (κ2) is 22.2. The third kappa shape index (κ3) is 9.46. The van der Waals surface area contributed by atoms with Gasteiger partial charge < -0.3 is 13.4 Å². The zero-order valence-electron chi connectivity index (χ0n) is 51.2. The first-order chi connectivity index (χ1) is 47.5. The van der Waals surface area contributed by atoms with E-state index >= 15 is 0 Å². The number of oxazole rings is 2. The molecule has 0 spiro atoms. The Labute approximate surface area is 548 Å². The highest BCUT2D eigenvalue weighted by Gasteiger charge is 2.22. The van der Waals surface area contributed by atoms with Gasteiger partial charge in [0.15, 0.2) is 40.3 Å². The standard InChI is InChI=1S/C84H50N10O2/c1-4-17-52(18-5-1)77-87-78(53-19-6-2-7-20-53)89-80(88-77)61-34-33-57-45-56(31-32-58(57)47-61)51-35-40-64(41-36-51)93-72-43-38-59(48-67(72)66-42-37-63(50-74(66)93)83-86-70-27-12-15-30-76(70)96-83)55-23-16-24-60(46-55)81-90-79(54-21-8-3-9-22-54)91-84(92-81)94-71-28-13-10-25-65(71)68-49-62(39-44-73(68)94)82-85-69-26-11-14-29-75(69)95-82/h1-50H. The Hall–Kier alpha value is -13.3. The molecule has 0 aliphatic carbocycles. The number of benzene rings is 13. The molecule has 0 bridgehead atoms. The molecule has 13 aromatic carbocycles. The average Bonchev–Trinajstić information content (AvgIpc) is 1.58. The number of rotatable bonds is 11. The van der Waals surface area contributed by atoms with Crippen LogP contribution in [0.25, 0.3) is 190 Å². The second-order valence-corrected chi connectivity index (χ2v) is 23.9. The van der Waals surface area contributed by atoms with Crippen LogP contribution in [0.2, 0.25) is 0 Å². The second-order valence-electron chi connectivity index (χ2n) is 23.9. The van der Waals surface area contributed by atoms with E-state index in [2.05, 4.69) is 173 Å². The fourth-order valence-electron chi connectivity index (χ4n) is 13.4. The topological polar surface area (TPSA) is 139 Å². The Morgan fingerprint density at radius 1 is 0.219 bits per heavy atom. The van der Waals surface area contributed by atoms with Crippen molar-refractivity contribution in [2.45, 2.75) is 0 Å². The lowest BCUT2D eigenvalue weighted by atomic mass is 9.99. The molecule has 0 radical (unpaired) electrons. The van der Waals surface area contributed by atoms with Gasteiger partial charge in [-0.25, -0.2) is 29.9 Å². The van der Waals surface area contributed by atoms with Gasteiger partial charge in [-0.3, -0.25) is 4.57 Å². The molecule has 19 rings (SSSR count). The maximum absolute atomic E-state index is 6.39. The molecule has 0 atom stereocenters.